The lowest BCUT2D eigenvalue weighted by Crippen LogP contribution is -2.03. The van der Waals surface area contributed by atoms with Crippen molar-refractivity contribution in [3.05, 3.63) is 56.5 Å². The summed E-state index contributed by atoms with van der Waals surface area (Å²) < 4.78 is 0. The van der Waals surface area contributed by atoms with Crippen LogP contribution in [0.1, 0.15) is 15.9 Å². The molecule has 3 N–H and O–H groups in total. The van der Waals surface area contributed by atoms with Crippen molar-refractivity contribution < 1.29 is 9.90 Å². The zero-order chi connectivity index (χ0) is 14.2. The second kappa shape index (κ2) is 5.29. The minimum atomic E-state index is -0.440. The molecule has 0 atom stereocenters. The van der Waals surface area contributed by atoms with Crippen molar-refractivity contribution in [2.45, 2.75) is 0 Å². The molecule has 19 heavy (non-hydrogen) atoms. The normalized spacial score (nSPS) is 10.5. The molecule has 0 heterocycles. The number of phenols is 1. The highest BCUT2D eigenvalue weighted by molar-refractivity contribution is 6.49. The summed E-state index contributed by atoms with van der Waals surface area (Å²) in [6.07, 6.45) is 0. The number of halogens is 3. The van der Waals surface area contributed by atoms with Crippen molar-refractivity contribution in [1.82, 2.24) is 0 Å². The van der Waals surface area contributed by atoms with E-state index in [2.05, 4.69) is 0 Å². The quantitative estimate of drug-likeness (QED) is 0.496. The smallest absolute Gasteiger partial charge is 0.196 e. The molecule has 2 aromatic carbocycles. The minimum absolute atomic E-state index is 0.00459. The highest BCUT2D eigenvalue weighted by Gasteiger charge is 2.20. The van der Waals surface area contributed by atoms with Crippen LogP contribution >= 0.6 is 34.8 Å². The first-order valence-electron chi connectivity index (χ1n) is 5.18. The van der Waals surface area contributed by atoms with Gasteiger partial charge < -0.3 is 10.8 Å². The molecule has 0 aromatic heterocycles. The molecule has 6 heteroatoms. The Morgan fingerprint density at radius 1 is 1.11 bits per heavy atom. The standard InChI is InChI=1S/C13H8Cl3NO2/c14-9-5-8(13(19)11(16)10(9)15)12(18)6-2-1-3-7(17)4-6/h1-5,19H,17H2. The Morgan fingerprint density at radius 3 is 2.42 bits per heavy atom. The van der Waals surface area contributed by atoms with Gasteiger partial charge in [0.25, 0.3) is 0 Å². The Hall–Kier alpha value is -1.42. The first-order chi connectivity index (χ1) is 8.91. The molecule has 2 aromatic rings. The first-order valence-corrected chi connectivity index (χ1v) is 6.32. The molecule has 2 rings (SSSR count). The van der Waals surface area contributed by atoms with Gasteiger partial charge in [-0.25, -0.2) is 0 Å². The van der Waals surface area contributed by atoms with Crippen molar-refractivity contribution in [2.24, 2.45) is 0 Å². The zero-order valence-corrected chi connectivity index (χ0v) is 11.7. The van der Waals surface area contributed by atoms with Crippen LogP contribution in [0, 0.1) is 0 Å². The van der Waals surface area contributed by atoms with Crippen LogP contribution in [0.15, 0.2) is 30.3 Å². The maximum Gasteiger partial charge on any atom is 0.196 e. The summed E-state index contributed by atoms with van der Waals surface area (Å²) in [4.78, 5) is 12.3. The molecule has 0 fully saturated rings. The van der Waals surface area contributed by atoms with Gasteiger partial charge in [0.1, 0.15) is 10.8 Å². The van der Waals surface area contributed by atoms with Crippen LogP contribution < -0.4 is 5.73 Å². The van der Waals surface area contributed by atoms with Gasteiger partial charge in [-0.05, 0) is 18.2 Å². The van der Waals surface area contributed by atoms with E-state index in [0.717, 1.165) is 0 Å². The lowest BCUT2D eigenvalue weighted by Gasteiger charge is -2.09. The number of phenolic OH excluding ortho intramolecular Hbond substituents is 1. The number of rotatable bonds is 2. The summed E-state index contributed by atoms with van der Waals surface area (Å²) in [6.45, 7) is 0. The van der Waals surface area contributed by atoms with Crippen LogP contribution in [0.25, 0.3) is 0 Å². The van der Waals surface area contributed by atoms with E-state index in [4.69, 9.17) is 40.5 Å². The number of hydrogen-bond donors (Lipinski definition) is 2. The Bertz CT molecular complexity index is 671. The maximum atomic E-state index is 12.3. The van der Waals surface area contributed by atoms with E-state index in [9.17, 15) is 9.90 Å². The van der Waals surface area contributed by atoms with E-state index in [1.165, 1.54) is 12.1 Å². The van der Waals surface area contributed by atoms with Crippen LogP contribution in [0.5, 0.6) is 5.75 Å². The zero-order valence-electron chi connectivity index (χ0n) is 9.45. The Morgan fingerprint density at radius 2 is 1.79 bits per heavy atom. The third kappa shape index (κ3) is 2.63. The monoisotopic (exact) mass is 315 g/mol. The van der Waals surface area contributed by atoms with Crippen LogP contribution in [0.2, 0.25) is 15.1 Å². The minimum Gasteiger partial charge on any atom is -0.506 e. The number of benzene rings is 2. The summed E-state index contributed by atoms with van der Waals surface area (Å²) >= 11 is 17.4. The molecule has 0 aliphatic rings. The van der Waals surface area contributed by atoms with Gasteiger partial charge in [0.15, 0.2) is 5.78 Å². The maximum absolute atomic E-state index is 12.3. The number of carbonyl (C=O) groups excluding carboxylic acids is 1. The number of nitrogens with two attached hydrogens (primary N) is 1. The predicted molar refractivity (Wildman–Crippen MR) is 77.4 cm³/mol. The predicted octanol–water partition coefficient (Wildman–Crippen LogP) is 4.17. The third-order valence-electron chi connectivity index (χ3n) is 2.53. The number of carbonyl (C=O) groups is 1. The molecule has 98 valence electrons. The first kappa shape index (κ1) is 14.0. The fraction of sp³-hybridized carbons (Fsp3) is 0. The van der Waals surface area contributed by atoms with Crippen molar-refractivity contribution in [2.75, 3.05) is 5.73 Å². The molecular formula is C13H8Cl3NO2. The second-order valence-electron chi connectivity index (χ2n) is 3.84. The highest BCUT2D eigenvalue weighted by atomic mass is 35.5. The molecule has 0 bridgehead atoms. The molecule has 0 radical (unpaired) electrons. The lowest BCUT2D eigenvalue weighted by molar-refractivity contribution is 0.103. The summed E-state index contributed by atoms with van der Waals surface area (Å²) in [5, 5.41) is 9.82. The van der Waals surface area contributed by atoms with E-state index in [1.54, 1.807) is 18.2 Å². The van der Waals surface area contributed by atoms with Gasteiger partial charge in [-0.3, -0.25) is 4.79 Å². The summed E-state index contributed by atoms with van der Waals surface area (Å²) in [5.41, 5.74) is 6.35. The molecule has 3 nitrogen and oxygen atoms in total. The second-order valence-corrected chi connectivity index (χ2v) is 5.00. The lowest BCUT2D eigenvalue weighted by atomic mass is 10.0. The molecule has 0 amide bonds. The average Bonchev–Trinajstić information content (AvgIpc) is 2.40. The van der Waals surface area contributed by atoms with Crippen LogP contribution in [-0.2, 0) is 0 Å². The summed E-state index contributed by atoms with van der Waals surface area (Å²) in [7, 11) is 0. The van der Waals surface area contributed by atoms with Gasteiger partial charge in [-0.1, -0.05) is 46.9 Å². The molecule has 0 spiro atoms. The number of ketones is 1. The number of aromatic hydroxyl groups is 1. The van der Waals surface area contributed by atoms with Crippen molar-refractivity contribution >= 4 is 46.3 Å². The van der Waals surface area contributed by atoms with Crippen molar-refractivity contribution in [1.29, 1.82) is 0 Å². The van der Waals surface area contributed by atoms with Gasteiger partial charge >= 0.3 is 0 Å². The number of nitrogen functional groups attached to an aromatic ring is 1. The molecule has 0 aliphatic carbocycles. The average molecular weight is 317 g/mol. The highest BCUT2D eigenvalue weighted by Crippen LogP contribution is 2.40. The van der Waals surface area contributed by atoms with E-state index in [1.807, 2.05) is 0 Å². The van der Waals surface area contributed by atoms with E-state index >= 15 is 0 Å². The third-order valence-corrected chi connectivity index (χ3v) is 3.78. The summed E-state index contributed by atoms with van der Waals surface area (Å²) in [5.74, 6) is -0.839. The van der Waals surface area contributed by atoms with Crippen LogP contribution in [0.3, 0.4) is 0 Å². The van der Waals surface area contributed by atoms with Gasteiger partial charge in [0.05, 0.1) is 15.6 Å². The van der Waals surface area contributed by atoms with E-state index < -0.39 is 11.5 Å². The number of hydrogen-bond acceptors (Lipinski definition) is 3. The Kier molecular flexibility index (Phi) is 3.90. The fourth-order valence-electron chi connectivity index (χ4n) is 1.59. The van der Waals surface area contributed by atoms with Crippen molar-refractivity contribution in [3.8, 4) is 5.75 Å². The Labute approximate surface area is 124 Å². The SMILES string of the molecule is Nc1cccc(C(=O)c2cc(Cl)c(Cl)c(Cl)c2O)c1. The molecule has 0 saturated heterocycles. The molecule has 0 unspecified atom stereocenters. The Balaban J connectivity index is 2.57. The number of anilines is 1. The van der Waals surface area contributed by atoms with Gasteiger partial charge in [-0.15, -0.1) is 0 Å². The molecule has 0 saturated carbocycles. The molecular weight excluding hydrogens is 309 g/mol. The molecule has 0 aliphatic heterocycles. The van der Waals surface area contributed by atoms with E-state index in [0.29, 0.717) is 11.3 Å². The van der Waals surface area contributed by atoms with Gasteiger partial charge in [0.2, 0.25) is 0 Å². The van der Waals surface area contributed by atoms with E-state index in [-0.39, 0.29) is 20.6 Å². The summed E-state index contributed by atoms with van der Waals surface area (Å²) in [6, 6.07) is 7.64. The van der Waals surface area contributed by atoms with Crippen LogP contribution in [0.4, 0.5) is 5.69 Å². The van der Waals surface area contributed by atoms with Crippen molar-refractivity contribution in [3.63, 3.8) is 0 Å². The largest absolute Gasteiger partial charge is 0.506 e. The fourth-order valence-corrected chi connectivity index (χ4v) is 2.19. The topological polar surface area (TPSA) is 63.3 Å². The van der Waals surface area contributed by atoms with Gasteiger partial charge in [0, 0.05) is 11.3 Å². The van der Waals surface area contributed by atoms with Gasteiger partial charge in [-0.2, -0.15) is 0 Å². The van der Waals surface area contributed by atoms with Crippen LogP contribution in [-0.4, -0.2) is 10.9 Å².